The Kier molecular flexibility index (Phi) is 5.21. The van der Waals surface area contributed by atoms with Crippen molar-refractivity contribution in [2.24, 2.45) is 5.73 Å². The van der Waals surface area contributed by atoms with E-state index in [1.54, 1.807) is 0 Å². The zero-order valence-electron chi connectivity index (χ0n) is 11.9. The predicted molar refractivity (Wildman–Crippen MR) is 87.2 cm³/mol. The first-order valence-corrected chi connectivity index (χ1v) is 7.71. The highest BCUT2D eigenvalue weighted by Crippen LogP contribution is 2.31. The van der Waals surface area contributed by atoms with Gasteiger partial charge in [0.05, 0.1) is 12.6 Å². The van der Waals surface area contributed by atoms with Crippen molar-refractivity contribution in [2.45, 2.75) is 26.3 Å². The Hall–Kier alpha value is -1.32. The molecule has 20 heavy (non-hydrogen) atoms. The second kappa shape index (κ2) is 6.91. The first-order valence-electron chi connectivity index (χ1n) is 6.92. The summed E-state index contributed by atoms with van der Waals surface area (Å²) in [7, 11) is 0. The van der Waals surface area contributed by atoms with Crippen LogP contribution in [-0.2, 0) is 6.42 Å². The fourth-order valence-electron chi connectivity index (χ4n) is 2.19. The van der Waals surface area contributed by atoms with Gasteiger partial charge in [-0.15, -0.1) is 0 Å². The van der Waals surface area contributed by atoms with Gasteiger partial charge in [-0.2, -0.15) is 0 Å². The summed E-state index contributed by atoms with van der Waals surface area (Å²) in [6.07, 6.45) is 1.04. The van der Waals surface area contributed by atoms with Gasteiger partial charge in [0.15, 0.2) is 0 Å². The summed E-state index contributed by atoms with van der Waals surface area (Å²) >= 11 is 3.50. The van der Waals surface area contributed by atoms with Crippen molar-refractivity contribution >= 4 is 15.9 Å². The lowest BCUT2D eigenvalue weighted by molar-refractivity contribution is 0.335. The van der Waals surface area contributed by atoms with Crippen molar-refractivity contribution in [3.05, 3.63) is 63.6 Å². The SMILES string of the molecule is CCOc1ccc(Br)cc1C(N)c1ccc(CC)cc1. The second-order valence-electron chi connectivity index (χ2n) is 4.69. The van der Waals surface area contributed by atoms with Crippen molar-refractivity contribution in [1.29, 1.82) is 0 Å². The predicted octanol–water partition coefficient (Wildman–Crippen LogP) is 4.46. The third-order valence-electron chi connectivity index (χ3n) is 3.35. The van der Waals surface area contributed by atoms with Crippen LogP contribution in [-0.4, -0.2) is 6.61 Å². The third kappa shape index (κ3) is 3.41. The highest BCUT2D eigenvalue weighted by Gasteiger charge is 2.14. The van der Waals surface area contributed by atoms with Gasteiger partial charge in [-0.3, -0.25) is 0 Å². The Bertz CT molecular complexity index is 566. The molecule has 2 N–H and O–H groups in total. The van der Waals surface area contributed by atoms with Crippen molar-refractivity contribution in [1.82, 2.24) is 0 Å². The van der Waals surface area contributed by atoms with Crippen molar-refractivity contribution < 1.29 is 4.74 Å². The molecule has 0 fully saturated rings. The largest absolute Gasteiger partial charge is 0.494 e. The van der Waals surface area contributed by atoms with Gasteiger partial charge in [0.1, 0.15) is 5.75 Å². The van der Waals surface area contributed by atoms with Crippen LogP contribution in [0, 0.1) is 0 Å². The van der Waals surface area contributed by atoms with Gasteiger partial charge >= 0.3 is 0 Å². The molecule has 0 aliphatic rings. The smallest absolute Gasteiger partial charge is 0.124 e. The molecule has 0 heterocycles. The molecular formula is C17H20BrNO. The maximum absolute atomic E-state index is 6.41. The Labute approximate surface area is 129 Å². The average Bonchev–Trinajstić information content (AvgIpc) is 2.48. The fourth-order valence-corrected chi connectivity index (χ4v) is 2.57. The molecule has 2 nitrogen and oxygen atoms in total. The lowest BCUT2D eigenvalue weighted by Gasteiger charge is -2.17. The Morgan fingerprint density at radius 1 is 1.10 bits per heavy atom. The van der Waals surface area contributed by atoms with E-state index in [1.165, 1.54) is 5.56 Å². The molecule has 0 saturated heterocycles. The summed E-state index contributed by atoms with van der Waals surface area (Å²) in [6, 6.07) is 14.2. The summed E-state index contributed by atoms with van der Waals surface area (Å²) < 4.78 is 6.69. The molecule has 0 aliphatic carbocycles. The fraction of sp³-hybridized carbons (Fsp3) is 0.294. The highest BCUT2D eigenvalue weighted by atomic mass is 79.9. The van der Waals surface area contributed by atoms with Gasteiger partial charge < -0.3 is 10.5 Å². The van der Waals surface area contributed by atoms with E-state index in [9.17, 15) is 0 Å². The molecule has 2 aromatic carbocycles. The summed E-state index contributed by atoms with van der Waals surface area (Å²) in [5, 5.41) is 0. The minimum Gasteiger partial charge on any atom is -0.494 e. The summed E-state index contributed by atoms with van der Waals surface area (Å²) in [5.41, 5.74) is 9.83. The van der Waals surface area contributed by atoms with Gasteiger partial charge in [0.25, 0.3) is 0 Å². The molecule has 106 valence electrons. The molecule has 2 aromatic rings. The van der Waals surface area contributed by atoms with E-state index in [0.717, 1.165) is 27.8 Å². The number of aryl methyl sites for hydroxylation is 1. The van der Waals surface area contributed by atoms with Crippen LogP contribution in [0.25, 0.3) is 0 Å². The summed E-state index contributed by atoms with van der Waals surface area (Å²) in [5.74, 6) is 0.850. The van der Waals surface area contributed by atoms with Crippen molar-refractivity contribution in [3.63, 3.8) is 0 Å². The zero-order valence-corrected chi connectivity index (χ0v) is 13.5. The molecule has 0 spiro atoms. The van der Waals surface area contributed by atoms with Crippen LogP contribution < -0.4 is 10.5 Å². The van der Waals surface area contributed by atoms with Gasteiger partial charge in [0, 0.05) is 10.0 Å². The molecular weight excluding hydrogens is 314 g/mol. The first kappa shape index (κ1) is 15.1. The number of ether oxygens (including phenoxy) is 1. The Morgan fingerprint density at radius 2 is 1.80 bits per heavy atom. The molecule has 0 bridgehead atoms. The molecule has 0 aliphatic heterocycles. The lowest BCUT2D eigenvalue weighted by Crippen LogP contribution is -2.13. The number of hydrogen-bond acceptors (Lipinski definition) is 2. The van der Waals surface area contributed by atoms with E-state index in [1.807, 2.05) is 25.1 Å². The van der Waals surface area contributed by atoms with Crippen LogP contribution in [0.3, 0.4) is 0 Å². The summed E-state index contributed by atoms with van der Waals surface area (Å²) in [6.45, 7) is 4.76. The van der Waals surface area contributed by atoms with Crippen LogP contribution in [0.15, 0.2) is 46.9 Å². The Morgan fingerprint density at radius 3 is 2.40 bits per heavy atom. The van der Waals surface area contributed by atoms with Gasteiger partial charge in [0.2, 0.25) is 0 Å². The number of nitrogens with two attached hydrogens (primary N) is 1. The second-order valence-corrected chi connectivity index (χ2v) is 5.60. The van der Waals surface area contributed by atoms with E-state index < -0.39 is 0 Å². The average molecular weight is 334 g/mol. The van der Waals surface area contributed by atoms with Gasteiger partial charge in [-0.25, -0.2) is 0 Å². The molecule has 0 saturated carbocycles. The molecule has 0 radical (unpaired) electrons. The molecule has 0 aromatic heterocycles. The topological polar surface area (TPSA) is 35.2 Å². The molecule has 1 unspecified atom stereocenters. The van der Waals surface area contributed by atoms with Crippen LogP contribution in [0.4, 0.5) is 0 Å². The normalized spacial score (nSPS) is 12.2. The van der Waals surface area contributed by atoms with E-state index in [-0.39, 0.29) is 6.04 Å². The molecule has 3 heteroatoms. The van der Waals surface area contributed by atoms with Crippen LogP contribution in [0.2, 0.25) is 0 Å². The minimum absolute atomic E-state index is 0.181. The van der Waals surface area contributed by atoms with Gasteiger partial charge in [-0.05, 0) is 42.7 Å². The van der Waals surface area contributed by atoms with Crippen LogP contribution in [0.5, 0.6) is 5.75 Å². The molecule has 0 amide bonds. The monoisotopic (exact) mass is 333 g/mol. The quantitative estimate of drug-likeness (QED) is 0.876. The standard InChI is InChI=1S/C17H20BrNO/c1-3-12-5-7-13(8-6-12)17(19)15-11-14(18)9-10-16(15)20-4-2/h5-11,17H,3-4,19H2,1-2H3. The molecule has 1 atom stereocenters. The maximum Gasteiger partial charge on any atom is 0.124 e. The third-order valence-corrected chi connectivity index (χ3v) is 3.85. The number of halogens is 1. The number of rotatable bonds is 5. The van der Waals surface area contributed by atoms with E-state index in [2.05, 4.69) is 47.1 Å². The van der Waals surface area contributed by atoms with Crippen LogP contribution >= 0.6 is 15.9 Å². The van der Waals surface area contributed by atoms with Crippen molar-refractivity contribution in [3.8, 4) is 5.75 Å². The molecule has 2 rings (SSSR count). The zero-order chi connectivity index (χ0) is 14.5. The van der Waals surface area contributed by atoms with E-state index in [0.29, 0.717) is 6.61 Å². The minimum atomic E-state index is -0.181. The van der Waals surface area contributed by atoms with Crippen molar-refractivity contribution in [2.75, 3.05) is 6.61 Å². The van der Waals surface area contributed by atoms with E-state index >= 15 is 0 Å². The summed E-state index contributed by atoms with van der Waals surface area (Å²) in [4.78, 5) is 0. The Balaban J connectivity index is 2.35. The first-order chi connectivity index (χ1) is 9.65. The number of benzene rings is 2. The van der Waals surface area contributed by atoms with E-state index in [4.69, 9.17) is 10.5 Å². The highest BCUT2D eigenvalue weighted by molar-refractivity contribution is 9.10. The van der Waals surface area contributed by atoms with Gasteiger partial charge in [-0.1, -0.05) is 47.1 Å². The number of hydrogen-bond donors (Lipinski definition) is 1. The maximum atomic E-state index is 6.41. The lowest BCUT2D eigenvalue weighted by atomic mass is 9.97. The van der Waals surface area contributed by atoms with Crippen LogP contribution in [0.1, 0.15) is 36.6 Å².